The second-order valence-electron chi connectivity index (χ2n) is 5.44. The predicted octanol–water partition coefficient (Wildman–Crippen LogP) is 2.52. The number of amides is 1. The highest BCUT2D eigenvalue weighted by molar-refractivity contribution is 9.10. The molecule has 19 heavy (non-hydrogen) atoms. The summed E-state index contributed by atoms with van der Waals surface area (Å²) in [6, 6.07) is 3.46. The molecule has 2 N–H and O–H groups in total. The average Bonchev–Trinajstić information content (AvgIpc) is 2.40. The van der Waals surface area contributed by atoms with Gasteiger partial charge in [0.2, 0.25) is 0 Å². The minimum absolute atomic E-state index is 0.154. The number of carbonyl (C=O) groups excluding carboxylic acids is 1. The second-order valence-corrected chi connectivity index (χ2v) is 6.19. The van der Waals surface area contributed by atoms with E-state index in [9.17, 15) is 9.90 Å². The third kappa shape index (κ3) is 3.34. The Balaban J connectivity index is 1.99. The van der Waals surface area contributed by atoms with E-state index in [0.717, 1.165) is 25.7 Å². The summed E-state index contributed by atoms with van der Waals surface area (Å²) < 4.78 is 0.543. The molecule has 0 spiro atoms. The first-order chi connectivity index (χ1) is 9.03. The first-order valence-electron chi connectivity index (χ1n) is 6.60. The number of halogens is 1. The van der Waals surface area contributed by atoms with Gasteiger partial charge in [-0.1, -0.05) is 19.8 Å². The van der Waals surface area contributed by atoms with Crippen LogP contribution in [0, 0.1) is 5.41 Å². The van der Waals surface area contributed by atoms with Gasteiger partial charge in [0.05, 0.1) is 11.7 Å². The van der Waals surface area contributed by atoms with Crippen molar-refractivity contribution in [3.63, 3.8) is 0 Å². The van der Waals surface area contributed by atoms with Gasteiger partial charge in [0.1, 0.15) is 4.60 Å². The van der Waals surface area contributed by atoms with E-state index < -0.39 is 0 Å². The zero-order valence-corrected chi connectivity index (χ0v) is 12.6. The summed E-state index contributed by atoms with van der Waals surface area (Å²) in [6.45, 7) is 2.53. The largest absolute Gasteiger partial charge is 0.392 e. The Labute approximate surface area is 121 Å². The van der Waals surface area contributed by atoms with Crippen LogP contribution < -0.4 is 5.32 Å². The van der Waals surface area contributed by atoms with Crippen LogP contribution in [0.15, 0.2) is 22.9 Å². The minimum Gasteiger partial charge on any atom is -0.392 e. The van der Waals surface area contributed by atoms with Crippen LogP contribution in [0.25, 0.3) is 0 Å². The summed E-state index contributed by atoms with van der Waals surface area (Å²) in [5.74, 6) is -0.154. The molecule has 0 aromatic carbocycles. The van der Waals surface area contributed by atoms with Crippen LogP contribution in [-0.2, 0) is 0 Å². The Morgan fingerprint density at radius 2 is 2.42 bits per heavy atom. The van der Waals surface area contributed by atoms with E-state index in [1.54, 1.807) is 18.3 Å². The van der Waals surface area contributed by atoms with Gasteiger partial charge >= 0.3 is 0 Å². The first-order valence-corrected chi connectivity index (χ1v) is 7.39. The lowest BCUT2D eigenvalue weighted by atomic mass is 9.73. The number of aliphatic hydroxyl groups excluding tert-OH is 1. The smallest absolute Gasteiger partial charge is 0.254 e. The van der Waals surface area contributed by atoms with Crippen molar-refractivity contribution >= 4 is 21.8 Å². The lowest BCUT2D eigenvalue weighted by Gasteiger charge is -2.38. The van der Waals surface area contributed by atoms with Gasteiger partial charge in [-0.2, -0.15) is 0 Å². The maximum absolute atomic E-state index is 12.1. The van der Waals surface area contributed by atoms with E-state index in [1.807, 2.05) is 6.92 Å². The fourth-order valence-corrected chi connectivity index (χ4v) is 2.95. The Morgan fingerprint density at radius 3 is 3.11 bits per heavy atom. The molecule has 1 saturated carbocycles. The van der Waals surface area contributed by atoms with Gasteiger partial charge in [0, 0.05) is 18.2 Å². The van der Waals surface area contributed by atoms with Gasteiger partial charge in [-0.3, -0.25) is 4.79 Å². The molecule has 0 saturated heterocycles. The molecule has 0 bridgehead atoms. The number of nitrogens with one attached hydrogen (secondary N) is 1. The third-order valence-corrected chi connectivity index (χ3v) is 4.57. The number of carbonyl (C=O) groups is 1. The summed E-state index contributed by atoms with van der Waals surface area (Å²) in [5, 5.41) is 13.0. The number of pyridine rings is 1. The SMILES string of the molecule is CC1(CNC(=O)c2cccnc2Br)CCCCC1O. The van der Waals surface area contributed by atoms with Crippen LogP contribution in [0.2, 0.25) is 0 Å². The maximum Gasteiger partial charge on any atom is 0.254 e. The Hall–Kier alpha value is -0.940. The summed E-state index contributed by atoms with van der Waals surface area (Å²) in [6.07, 6.45) is 5.25. The molecular formula is C14H19BrN2O2. The fourth-order valence-electron chi connectivity index (χ4n) is 2.52. The lowest BCUT2D eigenvalue weighted by Crippen LogP contribution is -2.45. The van der Waals surface area contributed by atoms with Crippen molar-refractivity contribution in [3.8, 4) is 0 Å². The van der Waals surface area contributed by atoms with Gasteiger partial charge in [-0.05, 0) is 40.9 Å². The van der Waals surface area contributed by atoms with Crippen molar-refractivity contribution in [2.45, 2.75) is 38.7 Å². The van der Waals surface area contributed by atoms with Crippen LogP contribution in [0.4, 0.5) is 0 Å². The number of hydrogen-bond acceptors (Lipinski definition) is 3. The van der Waals surface area contributed by atoms with Crippen molar-refractivity contribution in [3.05, 3.63) is 28.5 Å². The molecule has 4 nitrogen and oxygen atoms in total. The normalized spacial score (nSPS) is 27.0. The Kier molecular flexibility index (Phi) is 4.58. The van der Waals surface area contributed by atoms with E-state index in [-0.39, 0.29) is 17.4 Å². The second kappa shape index (κ2) is 6.01. The lowest BCUT2D eigenvalue weighted by molar-refractivity contribution is 0.00190. The molecular weight excluding hydrogens is 308 g/mol. The quantitative estimate of drug-likeness (QED) is 0.839. The third-order valence-electron chi connectivity index (χ3n) is 3.94. The van der Waals surface area contributed by atoms with E-state index in [1.165, 1.54) is 0 Å². The molecule has 1 amide bonds. The highest BCUT2D eigenvalue weighted by atomic mass is 79.9. The van der Waals surface area contributed by atoms with Gasteiger partial charge in [-0.15, -0.1) is 0 Å². The molecule has 2 unspecified atom stereocenters. The zero-order valence-electron chi connectivity index (χ0n) is 11.0. The number of nitrogens with zero attached hydrogens (tertiary/aromatic N) is 1. The van der Waals surface area contributed by atoms with Crippen molar-refractivity contribution < 1.29 is 9.90 Å². The first kappa shape index (κ1) is 14.5. The Morgan fingerprint density at radius 1 is 1.63 bits per heavy atom. The van der Waals surface area contributed by atoms with Crippen LogP contribution in [0.3, 0.4) is 0 Å². The summed E-state index contributed by atoms with van der Waals surface area (Å²) in [5.41, 5.74) is 0.305. The molecule has 0 radical (unpaired) electrons. The molecule has 1 heterocycles. The molecule has 5 heteroatoms. The molecule has 0 aliphatic heterocycles. The molecule has 2 atom stereocenters. The molecule has 1 aliphatic carbocycles. The number of rotatable bonds is 3. The molecule has 1 aliphatic rings. The summed E-state index contributed by atoms with van der Waals surface area (Å²) in [7, 11) is 0. The van der Waals surface area contributed by atoms with Gasteiger partial charge in [0.15, 0.2) is 0 Å². The zero-order chi connectivity index (χ0) is 13.9. The van der Waals surface area contributed by atoms with Crippen molar-refractivity contribution in [2.75, 3.05) is 6.54 Å². The van der Waals surface area contributed by atoms with E-state index in [4.69, 9.17) is 0 Å². The highest BCUT2D eigenvalue weighted by Gasteiger charge is 2.35. The number of aromatic nitrogens is 1. The topological polar surface area (TPSA) is 62.2 Å². The number of aliphatic hydroxyl groups is 1. The van der Waals surface area contributed by atoms with Crippen molar-refractivity contribution in [2.24, 2.45) is 5.41 Å². The van der Waals surface area contributed by atoms with E-state index in [2.05, 4.69) is 26.2 Å². The molecule has 104 valence electrons. The summed E-state index contributed by atoms with van der Waals surface area (Å²) >= 11 is 3.27. The average molecular weight is 327 g/mol. The minimum atomic E-state index is -0.334. The van der Waals surface area contributed by atoms with Gasteiger partial charge < -0.3 is 10.4 Å². The molecule has 1 fully saturated rings. The predicted molar refractivity (Wildman–Crippen MR) is 76.9 cm³/mol. The fraction of sp³-hybridized carbons (Fsp3) is 0.571. The molecule has 1 aromatic heterocycles. The van der Waals surface area contributed by atoms with E-state index >= 15 is 0 Å². The standard InChI is InChI=1S/C14H19BrN2O2/c1-14(7-3-2-6-11(14)18)9-17-13(19)10-5-4-8-16-12(10)15/h4-5,8,11,18H,2-3,6-7,9H2,1H3,(H,17,19). The Bertz CT molecular complexity index is 467. The summed E-state index contributed by atoms with van der Waals surface area (Å²) in [4.78, 5) is 16.1. The van der Waals surface area contributed by atoms with Gasteiger partial charge in [0.25, 0.3) is 5.91 Å². The molecule has 2 rings (SSSR count). The highest BCUT2D eigenvalue weighted by Crippen LogP contribution is 2.35. The van der Waals surface area contributed by atoms with Gasteiger partial charge in [-0.25, -0.2) is 4.98 Å². The van der Waals surface area contributed by atoms with Crippen LogP contribution >= 0.6 is 15.9 Å². The number of hydrogen-bond donors (Lipinski definition) is 2. The van der Waals surface area contributed by atoms with Crippen LogP contribution in [0.1, 0.15) is 43.0 Å². The van der Waals surface area contributed by atoms with Crippen molar-refractivity contribution in [1.82, 2.24) is 10.3 Å². The van der Waals surface area contributed by atoms with Crippen molar-refractivity contribution in [1.29, 1.82) is 0 Å². The monoisotopic (exact) mass is 326 g/mol. The van der Waals surface area contributed by atoms with Crippen LogP contribution in [0.5, 0.6) is 0 Å². The van der Waals surface area contributed by atoms with Crippen LogP contribution in [-0.4, -0.2) is 28.6 Å². The maximum atomic E-state index is 12.1. The molecule has 1 aromatic rings. The van der Waals surface area contributed by atoms with E-state index in [0.29, 0.717) is 16.7 Å².